The predicted octanol–water partition coefficient (Wildman–Crippen LogP) is 3.86. The topological polar surface area (TPSA) is 37.4 Å². The Bertz CT molecular complexity index is 601. The third kappa shape index (κ3) is 3.23. The molecular weight excluding hydrogens is 361 g/mol. The van der Waals surface area contributed by atoms with Crippen molar-refractivity contribution in [2.45, 2.75) is 23.2 Å². The molecule has 1 unspecified atom stereocenters. The van der Waals surface area contributed by atoms with Crippen LogP contribution in [0.15, 0.2) is 17.0 Å². The molecule has 1 saturated heterocycles. The molecule has 2 rings (SSSR count). The molecule has 1 aromatic carbocycles. The summed E-state index contributed by atoms with van der Waals surface area (Å²) in [4.78, 5) is 0.0294. The maximum Gasteiger partial charge on any atom is 0.244 e. The lowest BCUT2D eigenvalue weighted by Gasteiger charge is -2.24. The van der Waals surface area contributed by atoms with Crippen LogP contribution in [-0.2, 0) is 15.9 Å². The fraction of sp³-hybridized carbons (Fsp3) is 0.500. The van der Waals surface area contributed by atoms with Gasteiger partial charge in [0, 0.05) is 29.7 Å². The Morgan fingerprint density at radius 3 is 2.65 bits per heavy atom. The molecule has 1 fully saturated rings. The average molecular weight is 375 g/mol. The second-order valence-corrected chi connectivity index (χ2v) is 8.75. The molecule has 1 aromatic rings. The Kier molecular flexibility index (Phi) is 5.54. The smallest absolute Gasteiger partial charge is 0.207 e. The molecule has 112 valence electrons. The molecule has 1 atom stereocenters. The van der Waals surface area contributed by atoms with E-state index in [9.17, 15) is 8.42 Å². The molecule has 20 heavy (non-hydrogen) atoms. The average Bonchev–Trinajstić information content (AvgIpc) is 2.93. The predicted molar refractivity (Wildman–Crippen MR) is 86.7 cm³/mol. The van der Waals surface area contributed by atoms with E-state index in [1.165, 1.54) is 10.4 Å². The minimum absolute atomic E-state index is 0.000463. The van der Waals surface area contributed by atoms with Crippen molar-refractivity contribution in [1.82, 2.24) is 4.31 Å². The van der Waals surface area contributed by atoms with Crippen LogP contribution in [0.25, 0.3) is 0 Å². The largest absolute Gasteiger partial charge is 0.244 e. The van der Waals surface area contributed by atoms with Gasteiger partial charge in [0.2, 0.25) is 10.0 Å². The number of halogens is 3. The molecule has 0 aromatic heterocycles. The van der Waals surface area contributed by atoms with Gasteiger partial charge in [0.05, 0.1) is 5.02 Å². The van der Waals surface area contributed by atoms with Gasteiger partial charge < -0.3 is 0 Å². The highest BCUT2D eigenvalue weighted by Crippen LogP contribution is 2.34. The summed E-state index contributed by atoms with van der Waals surface area (Å²) in [6, 6.07) is 2.97. The van der Waals surface area contributed by atoms with Crippen molar-refractivity contribution in [3.8, 4) is 0 Å². The lowest BCUT2D eigenvalue weighted by molar-refractivity contribution is 0.394. The number of sulfonamides is 1. The Labute approximate surface area is 138 Å². The number of nitrogens with zero attached hydrogens (tertiary/aromatic N) is 1. The Morgan fingerprint density at radius 2 is 2.10 bits per heavy atom. The summed E-state index contributed by atoms with van der Waals surface area (Å²) in [5, 5.41) is 0.472. The van der Waals surface area contributed by atoms with E-state index in [-0.39, 0.29) is 21.8 Å². The molecule has 1 heterocycles. The van der Waals surface area contributed by atoms with E-state index < -0.39 is 10.0 Å². The van der Waals surface area contributed by atoms with Crippen LogP contribution in [0.1, 0.15) is 12.0 Å². The van der Waals surface area contributed by atoms with Crippen molar-refractivity contribution in [2.75, 3.05) is 18.6 Å². The molecule has 8 heteroatoms. The zero-order chi connectivity index (χ0) is 14.9. The van der Waals surface area contributed by atoms with E-state index in [2.05, 4.69) is 0 Å². The van der Waals surface area contributed by atoms with E-state index in [1.807, 2.05) is 0 Å². The fourth-order valence-electron chi connectivity index (χ4n) is 2.06. The minimum Gasteiger partial charge on any atom is -0.207 e. The number of rotatable bonds is 4. The van der Waals surface area contributed by atoms with Gasteiger partial charge in [-0.1, -0.05) is 23.2 Å². The van der Waals surface area contributed by atoms with E-state index in [0.717, 1.165) is 17.9 Å². The van der Waals surface area contributed by atoms with Crippen LogP contribution in [0.3, 0.4) is 0 Å². The molecule has 0 saturated carbocycles. The van der Waals surface area contributed by atoms with Gasteiger partial charge in [-0.2, -0.15) is 16.1 Å². The molecular formula is C12H14Cl3NO2S2. The first-order valence-electron chi connectivity index (χ1n) is 5.97. The SMILES string of the molecule is CN(C1CCSC1)S(=O)(=O)c1cc(Cl)cc(CCl)c1Cl. The third-order valence-electron chi connectivity index (χ3n) is 3.30. The summed E-state index contributed by atoms with van der Waals surface area (Å²) < 4.78 is 26.8. The lowest BCUT2D eigenvalue weighted by atomic mass is 10.2. The van der Waals surface area contributed by atoms with Gasteiger partial charge in [0.25, 0.3) is 0 Å². The van der Waals surface area contributed by atoms with Crippen LogP contribution in [0.5, 0.6) is 0 Å². The van der Waals surface area contributed by atoms with Crippen molar-refractivity contribution in [2.24, 2.45) is 0 Å². The fourth-order valence-corrected chi connectivity index (χ4v) is 5.99. The van der Waals surface area contributed by atoms with Gasteiger partial charge in [-0.3, -0.25) is 0 Å². The van der Waals surface area contributed by atoms with Crippen molar-refractivity contribution in [3.05, 3.63) is 27.7 Å². The molecule has 0 spiro atoms. The number of alkyl halides is 1. The monoisotopic (exact) mass is 373 g/mol. The molecule has 0 radical (unpaired) electrons. The number of benzene rings is 1. The van der Waals surface area contributed by atoms with Gasteiger partial charge in [-0.25, -0.2) is 8.42 Å². The molecule has 3 nitrogen and oxygen atoms in total. The summed E-state index contributed by atoms with van der Waals surface area (Å²) in [5.74, 6) is 1.89. The van der Waals surface area contributed by atoms with Gasteiger partial charge in [-0.15, -0.1) is 11.6 Å². The summed E-state index contributed by atoms with van der Waals surface area (Å²) in [6.45, 7) is 0. The molecule has 0 aliphatic carbocycles. The zero-order valence-corrected chi connectivity index (χ0v) is 14.7. The van der Waals surface area contributed by atoms with Gasteiger partial charge in [-0.05, 0) is 29.9 Å². The highest BCUT2D eigenvalue weighted by Gasteiger charge is 2.32. The lowest BCUT2D eigenvalue weighted by Crippen LogP contribution is -2.37. The van der Waals surface area contributed by atoms with Crippen LogP contribution >= 0.6 is 46.6 Å². The second-order valence-electron chi connectivity index (χ2n) is 4.55. The Balaban J connectivity index is 2.45. The number of hydrogen-bond acceptors (Lipinski definition) is 3. The van der Waals surface area contributed by atoms with Crippen LogP contribution in [0.4, 0.5) is 0 Å². The van der Waals surface area contributed by atoms with Crippen LogP contribution in [0.2, 0.25) is 10.0 Å². The van der Waals surface area contributed by atoms with Crippen LogP contribution < -0.4 is 0 Å². The van der Waals surface area contributed by atoms with Gasteiger partial charge in [0.15, 0.2) is 0 Å². The first kappa shape index (κ1) is 16.7. The van der Waals surface area contributed by atoms with Crippen molar-refractivity contribution in [3.63, 3.8) is 0 Å². The maximum atomic E-state index is 12.7. The normalized spacial score (nSPS) is 19.8. The summed E-state index contributed by atoms with van der Waals surface area (Å²) in [7, 11) is -2.08. The summed E-state index contributed by atoms with van der Waals surface area (Å²) >= 11 is 19.7. The quantitative estimate of drug-likeness (QED) is 0.751. The van der Waals surface area contributed by atoms with E-state index in [1.54, 1.807) is 24.9 Å². The Morgan fingerprint density at radius 1 is 1.40 bits per heavy atom. The Hall–Kier alpha value is 0.350. The molecule has 0 N–H and O–H groups in total. The highest BCUT2D eigenvalue weighted by atomic mass is 35.5. The maximum absolute atomic E-state index is 12.7. The number of hydrogen-bond donors (Lipinski definition) is 0. The van der Waals surface area contributed by atoms with Gasteiger partial charge >= 0.3 is 0 Å². The second kappa shape index (κ2) is 6.63. The van der Waals surface area contributed by atoms with E-state index in [0.29, 0.717) is 10.6 Å². The summed E-state index contributed by atoms with van der Waals surface area (Å²) in [5.41, 5.74) is 0.522. The van der Waals surface area contributed by atoms with E-state index in [4.69, 9.17) is 34.8 Å². The number of thioether (sulfide) groups is 1. The molecule has 0 amide bonds. The van der Waals surface area contributed by atoms with Gasteiger partial charge in [0.1, 0.15) is 4.90 Å². The first-order chi connectivity index (χ1) is 9.37. The first-order valence-corrected chi connectivity index (χ1v) is 9.86. The van der Waals surface area contributed by atoms with Crippen molar-refractivity contribution in [1.29, 1.82) is 0 Å². The van der Waals surface area contributed by atoms with Crippen LogP contribution in [-0.4, -0.2) is 37.3 Å². The highest BCUT2D eigenvalue weighted by molar-refractivity contribution is 7.99. The zero-order valence-electron chi connectivity index (χ0n) is 10.8. The van der Waals surface area contributed by atoms with E-state index >= 15 is 0 Å². The molecule has 1 aliphatic rings. The molecule has 0 bridgehead atoms. The van der Waals surface area contributed by atoms with Crippen molar-refractivity contribution < 1.29 is 8.42 Å². The molecule has 1 aliphatic heterocycles. The minimum atomic E-state index is -3.66. The third-order valence-corrected chi connectivity index (χ3v) is 7.44. The standard InChI is InChI=1S/C12H14Cl3NO2S2/c1-16(10-2-3-19-7-10)20(17,18)11-5-9(14)4-8(6-13)12(11)15/h4-5,10H,2-3,6-7H2,1H3. The van der Waals surface area contributed by atoms with Crippen molar-refractivity contribution >= 4 is 56.6 Å². The van der Waals surface area contributed by atoms with Crippen LogP contribution in [0, 0.1) is 0 Å². The summed E-state index contributed by atoms with van der Waals surface area (Å²) in [6.07, 6.45) is 0.848.